The smallest absolute Gasteiger partial charge is 0.273 e. The Labute approximate surface area is 166 Å². The molecule has 2 heterocycles. The molecule has 0 spiro atoms. The molecule has 2 unspecified atom stereocenters. The Bertz CT molecular complexity index is 757. The molecule has 1 aliphatic heterocycles. The average molecular weight is 390 g/mol. The van der Waals surface area contributed by atoms with E-state index >= 15 is 0 Å². The van der Waals surface area contributed by atoms with E-state index in [4.69, 9.17) is 0 Å². The summed E-state index contributed by atoms with van der Waals surface area (Å²) in [6.07, 6.45) is 5.35. The van der Waals surface area contributed by atoms with Gasteiger partial charge in [-0.15, -0.1) is 17.5 Å². The number of amides is 1. The van der Waals surface area contributed by atoms with E-state index in [2.05, 4.69) is 45.2 Å². The molecule has 1 aromatic heterocycles. The highest BCUT2D eigenvalue weighted by Gasteiger charge is 2.31. The summed E-state index contributed by atoms with van der Waals surface area (Å²) in [6.45, 7) is 3.94. The van der Waals surface area contributed by atoms with Crippen molar-refractivity contribution in [1.29, 1.82) is 0 Å². The molecule has 1 saturated carbocycles. The predicted octanol–water partition coefficient (Wildman–Crippen LogP) is 3.00. The van der Waals surface area contributed by atoms with Gasteiger partial charge in [0.1, 0.15) is 0 Å². The molecule has 2 fully saturated rings. The van der Waals surface area contributed by atoms with Gasteiger partial charge in [-0.2, -0.15) is 0 Å². The van der Waals surface area contributed by atoms with Gasteiger partial charge < -0.3 is 10.6 Å². The minimum Gasteiger partial charge on any atom is -0.347 e. The highest BCUT2D eigenvalue weighted by Crippen LogP contribution is 2.34. The number of hydrogen-bond acceptors (Lipinski definition) is 4. The lowest BCUT2D eigenvalue weighted by atomic mass is 9.94. The minimum absolute atomic E-state index is 0. The molecule has 2 atom stereocenters. The Kier molecular flexibility index (Phi) is 6.50. The molecule has 2 N–H and O–H groups in total. The number of benzene rings is 1. The first-order chi connectivity index (χ1) is 12.7. The first kappa shape index (κ1) is 19.8. The number of aromatic nitrogens is 3. The Morgan fingerprint density at radius 2 is 1.89 bits per heavy atom. The lowest BCUT2D eigenvalue weighted by molar-refractivity contribution is 0.0928. The van der Waals surface area contributed by atoms with Crippen LogP contribution in [0.5, 0.6) is 0 Å². The van der Waals surface area contributed by atoms with Crippen LogP contribution < -0.4 is 10.6 Å². The molecule has 6 nitrogen and oxygen atoms in total. The molecule has 1 aliphatic carbocycles. The fraction of sp³-hybridized carbons (Fsp3) is 0.550. The molecule has 2 aliphatic rings. The molecule has 146 valence electrons. The first-order valence-electron chi connectivity index (χ1n) is 9.72. The summed E-state index contributed by atoms with van der Waals surface area (Å²) < 4.78 is 1.94. The van der Waals surface area contributed by atoms with Gasteiger partial charge >= 0.3 is 0 Å². The second-order valence-electron chi connectivity index (χ2n) is 7.48. The standard InChI is InChI=1S/C20H27N5O.ClH/c1-14-19(23-24-25(14)16-10-12-21-13-11-16)20(26)22-18-9-5-8-17(18)15-6-3-2-4-7-15;/h2-4,6-7,16-18,21H,5,8-13H2,1H3,(H,22,26);1H. The molecule has 4 rings (SSSR count). The topological polar surface area (TPSA) is 71.8 Å². The van der Waals surface area contributed by atoms with Crippen LogP contribution in [0, 0.1) is 6.92 Å². The largest absolute Gasteiger partial charge is 0.347 e. The van der Waals surface area contributed by atoms with Crippen LogP contribution in [0.25, 0.3) is 0 Å². The van der Waals surface area contributed by atoms with Crippen LogP contribution >= 0.6 is 12.4 Å². The SMILES string of the molecule is Cc1c(C(=O)NC2CCCC2c2ccccc2)nnn1C1CCNCC1.Cl. The van der Waals surface area contributed by atoms with Crippen molar-refractivity contribution in [3.63, 3.8) is 0 Å². The van der Waals surface area contributed by atoms with Gasteiger partial charge in [-0.3, -0.25) is 4.79 Å². The maximum absolute atomic E-state index is 12.9. The predicted molar refractivity (Wildman–Crippen MR) is 107 cm³/mol. The second-order valence-corrected chi connectivity index (χ2v) is 7.48. The first-order valence-corrected chi connectivity index (χ1v) is 9.72. The lowest BCUT2D eigenvalue weighted by Gasteiger charge is -2.23. The van der Waals surface area contributed by atoms with Crippen LogP contribution in [0.15, 0.2) is 30.3 Å². The van der Waals surface area contributed by atoms with Crippen LogP contribution in [0.1, 0.15) is 65.8 Å². The van der Waals surface area contributed by atoms with Crippen molar-refractivity contribution >= 4 is 18.3 Å². The van der Waals surface area contributed by atoms with Crippen LogP contribution in [0.3, 0.4) is 0 Å². The van der Waals surface area contributed by atoms with E-state index in [1.165, 1.54) is 5.56 Å². The average Bonchev–Trinajstić information content (AvgIpc) is 3.29. The van der Waals surface area contributed by atoms with E-state index in [1.54, 1.807) is 0 Å². The lowest BCUT2D eigenvalue weighted by Crippen LogP contribution is -2.37. The van der Waals surface area contributed by atoms with Gasteiger partial charge in [-0.1, -0.05) is 42.0 Å². The Balaban J connectivity index is 0.00000210. The number of hydrogen-bond donors (Lipinski definition) is 2. The summed E-state index contributed by atoms with van der Waals surface area (Å²) in [7, 11) is 0. The van der Waals surface area contributed by atoms with Crippen LogP contribution in [-0.2, 0) is 0 Å². The molecule has 1 amide bonds. The van der Waals surface area contributed by atoms with Crippen LogP contribution in [0.2, 0.25) is 0 Å². The van der Waals surface area contributed by atoms with Crippen molar-refractivity contribution in [2.24, 2.45) is 0 Å². The zero-order valence-electron chi connectivity index (χ0n) is 15.7. The summed E-state index contributed by atoms with van der Waals surface area (Å²) in [5.41, 5.74) is 2.66. The normalized spacial score (nSPS) is 23.0. The highest BCUT2D eigenvalue weighted by atomic mass is 35.5. The number of carbonyl (C=O) groups excluding carboxylic acids is 1. The number of nitrogens with zero attached hydrogens (tertiary/aromatic N) is 3. The van der Waals surface area contributed by atoms with Gasteiger partial charge in [0.25, 0.3) is 5.91 Å². The van der Waals surface area contributed by atoms with E-state index in [0.29, 0.717) is 17.7 Å². The summed E-state index contributed by atoms with van der Waals surface area (Å²) in [5.74, 6) is 0.301. The third-order valence-electron chi connectivity index (χ3n) is 5.86. The zero-order chi connectivity index (χ0) is 17.9. The van der Waals surface area contributed by atoms with Gasteiger partial charge in [0, 0.05) is 12.0 Å². The van der Waals surface area contributed by atoms with E-state index < -0.39 is 0 Å². The summed E-state index contributed by atoms with van der Waals surface area (Å²) in [6, 6.07) is 11.0. The van der Waals surface area contributed by atoms with Crippen molar-refractivity contribution < 1.29 is 4.79 Å². The van der Waals surface area contributed by atoms with E-state index in [-0.39, 0.29) is 24.4 Å². The molecule has 27 heavy (non-hydrogen) atoms. The molecular weight excluding hydrogens is 362 g/mol. The maximum atomic E-state index is 12.9. The Morgan fingerprint density at radius 3 is 2.63 bits per heavy atom. The van der Waals surface area contributed by atoms with Gasteiger partial charge in [-0.05, 0) is 51.3 Å². The van der Waals surface area contributed by atoms with Gasteiger partial charge in [-0.25, -0.2) is 4.68 Å². The zero-order valence-corrected chi connectivity index (χ0v) is 16.5. The van der Waals surface area contributed by atoms with Crippen molar-refractivity contribution in [3.8, 4) is 0 Å². The van der Waals surface area contributed by atoms with E-state index in [0.717, 1.165) is 50.9 Å². The number of halogens is 1. The third-order valence-corrected chi connectivity index (χ3v) is 5.86. The van der Waals surface area contributed by atoms with Crippen molar-refractivity contribution in [2.45, 2.75) is 57.0 Å². The molecule has 2 aromatic rings. The molecule has 0 bridgehead atoms. The molecule has 0 radical (unpaired) electrons. The van der Waals surface area contributed by atoms with E-state index in [9.17, 15) is 4.79 Å². The van der Waals surface area contributed by atoms with Gasteiger partial charge in [0.2, 0.25) is 0 Å². The highest BCUT2D eigenvalue weighted by molar-refractivity contribution is 5.93. The summed E-state index contributed by atoms with van der Waals surface area (Å²) in [5, 5.41) is 15.1. The van der Waals surface area contributed by atoms with Crippen LogP contribution in [-0.4, -0.2) is 40.0 Å². The van der Waals surface area contributed by atoms with Gasteiger partial charge in [0.05, 0.1) is 11.7 Å². The molecule has 1 aromatic carbocycles. The maximum Gasteiger partial charge on any atom is 0.273 e. The third kappa shape index (κ3) is 4.17. The summed E-state index contributed by atoms with van der Waals surface area (Å²) in [4.78, 5) is 12.9. The fourth-order valence-corrected chi connectivity index (χ4v) is 4.42. The number of piperidine rings is 1. The van der Waals surface area contributed by atoms with Crippen LogP contribution in [0.4, 0.5) is 0 Å². The number of nitrogens with one attached hydrogen (secondary N) is 2. The molecule has 1 saturated heterocycles. The summed E-state index contributed by atoms with van der Waals surface area (Å²) >= 11 is 0. The number of rotatable bonds is 4. The number of carbonyl (C=O) groups is 1. The molecular formula is C20H28ClN5O. The fourth-order valence-electron chi connectivity index (χ4n) is 4.42. The molecule has 7 heteroatoms. The van der Waals surface area contributed by atoms with Crippen molar-refractivity contribution in [1.82, 2.24) is 25.6 Å². The monoisotopic (exact) mass is 389 g/mol. The van der Waals surface area contributed by atoms with Crippen molar-refractivity contribution in [3.05, 3.63) is 47.3 Å². The quantitative estimate of drug-likeness (QED) is 0.843. The van der Waals surface area contributed by atoms with Crippen molar-refractivity contribution in [2.75, 3.05) is 13.1 Å². The minimum atomic E-state index is -0.0875. The van der Waals surface area contributed by atoms with E-state index in [1.807, 2.05) is 17.7 Å². The Hall–Kier alpha value is -1.92. The second kappa shape index (κ2) is 8.85. The Morgan fingerprint density at radius 1 is 1.15 bits per heavy atom. The van der Waals surface area contributed by atoms with Gasteiger partial charge in [0.15, 0.2) is 5.69 Å².